The molecule has 0 bridgehead atoms. The molecule has 0 amide bonds. The van der Waals surface area contributed by atoms with Gasteiger partial charge < -0.3 is 0 Å². The summed E-state index contributed by atoms with van der Waals surface area (Å²) in [6.45, 7) is 2.30. The first-order chi connectivity index (χ1) is 12.8. The predicted molar refractivity (Wildman–Crippen MR) is 110 cm³/mol. The Balaban J connectivity index is 1.34. The summed E-state index contributed by atoms with van der Waals surface area (Å²) >= 11 is 0. The zero-order valence-electron chi connectivity index (χ0n) is 16.9. The van der Waals surface area contributed by atoms with Gasteiger partial charge in [0.25, 0.3) is 0 Å². The largest absolute Gasteiger partial charge is 0.207 e. The van der Waals surface area contributed by atoms with Crippen LogP contribution in [0.25, 0.3) is 0 Å². The molecule has 26 heavy (non-hydrogen) atoms. The van der Waals surface area contributed by atoms with Crippen molar-refractivity contribution < 1.29 is 4.39 Å². The Bertz CT molecular complexity index is 489. The van der Waals surface area contributed by atoms with Gasteiger partial charge in [0.2, 0.25) is 0 Å². The molecule has 2 saturated carbocycles. The lowest BCUT2D eigenvalue weighted by Gasteiger charge is -2.38. The molecule has 0 saturated heterocycles. The second-order valence-electron chi connectivity index (χ2n) is 9.15. The highest BCUT2D eigenvalue weighted by atomic mass is 19.1. The van der Waals surface area contributed by atoms with E-state index in [-0.39, 0.29) is 5.82 Å². The molecule has 3 rings (SSSR count). The van der Waals surface area contributed by atoms with Gasteiger partial charge in [-0.15, -0.1) is 0 Å². The van der Waals surface area contributed by atoms with Crippen molar-refractivity contribution in [2.75, 3.05) is 0 Å². The number of unbranched alkanes of at least 4 members (excludes halogenated alkanes) is 4. The van der Waals surface area contributed by atoms with Crippen LogP contribution in [0, 0.1) is 23.6 Å². The lowest BCUT2D eigenvalue weighted by atomic mass is 9.68. The molecule has 0 aliphatic heterocycles. The summed E-state index contributed by atoms with van der Waals surface area (Å²) in [4.78, 5) is 0. The summed E-state index contributed by atoms with van der Waals surface area (Å²) < 4.78 is 13.1. The predicted octanol–water partition coefficient (Wildman–Crippen LogP) is 8.27. The third-order valence-corrected chi connectivity index (χ3v) is 7.39. The molecule has 0 spiro atoms. The van der Waals surface area contributed by atoms with Crippen molar-refractivity contribution in [2.45, 2.75) is 103 Å². The van der Waals surface area contributed by atoms with Crippen LogP contribution in [0.4, 0.5) is 4.39 Å². The molecule has 2 aliphatic rings. The quantitative estimate of drug-likeness (QED) is 0.410. The first-order valence-corrected chi connectivity index (χ1v) is 11.5. The Labute approximate surface area is 161 Å². The van der Waals surface area contributed by atoms with Crippen LogP contribution in [0.5, 0.6) is 0 Å². The van der Waals surface area contributed by atoms with E-state index in [1.54, 1.807) is 12.1 Å². The van der Waals surface area contributed by atoms with Crippen molar-refractivity contribution in [3.63, 3.8) is 0 Å². The third-order valence-electron chi connectivity index (χ3n) is 7.39. The summed E-state index contributed by atoms with van der Waals surface area (Å²) in [6.07, 6.45) is 20.0. The van der Waals surface area contributed by atoms with Crippen molar-refractivity contribution in [3.05, 3.63) is 35.6 Å². The number of halogens is 1. The summed E-state index contributed by atoms with van der Waals surface area (Å²) in [7, 11) is 0. The highest BCUT2D eigenvalue weighted by molar-refractivity contribution is 5.20. The fourth-order valence-electron chi connectivity index (χ4n) is 5.64. The Morgan fingerprint density at radius 1 is 0.731 bits per heavy atom. The van der Waals surface area contributed by atoms with Gasteiger partial charge in [0.05, 0.1) is 0 Å². The molecule has 1 aromatic carbocycles. The minimum Gasteiger partial charge on any atom is -0.207 e. The highest BCUT2D eigenvalue weighted by Crippen LogP contribution is 2.44. The van der Waals surface area contributed by atoms with Crippen LogP contribution in [0.2, 0.25) is 0 Å². The van der Waals surface area contributed by atoms with Gasteiger partial charge in [-0.2, -0.15) is 0 Å². The normalized spacial score (nSPS) is 29.6. The molecule has 1 heteroatoms. The third kappa shape index (κ3) is 5.83. The van der Waals surface area contributed by atoms with E-state index in [0.717, 1.165) is 17.8 Å². The smallest absolute Gasteiger partial charge is 0.123 e. The van der Waals surface area contributed by atoms with Gasteiger partial charge >= 0.3 is 0 Å². The van der Waals surface area contributed by atoms with Gasteiger partial charge in [-0.05, 0) is 79.9 Å². The fourth-order valence-corrected chi connectivity index (χ4v) is 5.64. The maximum atomic E-state index is 13.1. The van der Waals surface area contributed by atoms with E-state index in [1.165, 1.54) is 95.5 Å². The Morgan fingerprint density at radius 3 is 1.92 bits per heavy atom. The Morgan fingerprint density at radius 2 is 1.31 bits per heavy atom. The zero-order valence-corrected chi connectivity index (χ0v) is 16.9. The fraction of sp³-hybridized carbons (Fsp3) is 0.760. The SMILES string of the molecule is CCCCCCCC1CCC(C2CCC(c3ccc(F)cc3)CC2)CC1. The second kappa shape index (κ2) is 10.5. The van der Waals surface area contributed by atoms with Crippen LogP contribution >= 0.6 is 0 Å². The molecular formula is C25H39F. The minimum atomic E-state index is -0.107. The molecule has 2 aliphatic carbocycles. The van der Waals surface area contributed by atoms with Crippen molar-refractivity contribution in [2.24, 2.45) is 17.8 Å². The first kappa shape index (κ1) is 19.9. The first-order valence-electron chi connectivity index (χ1n) is 11.5. The van der Waals surface area contributed by atoms with Crippen molar-refractivity contribution in [3.8, 4) is 0 Å². The minimum absolute atomic E-state index is 0.107. The maximum absolute atomic E-state index is 13.1. The van der Waals surface area contributed by atoms with Crippen LogP contribution in [0.1, 0.15) is 108 Å². The van der Waals surface area contributed by atoms with E-state index in [1.807, 2.05) is 12.1 Å². The number of benzene rings is 1. The molecule has 146 valence electrons. The summed E-state index contributed by atoms with van der Waals surface area (Å²) in [5.41, 5.74) is 1.36. The van der Waals surface area contributed by atoms with Gasteiger partial charge in [-0.1, -0.05) is 70.4 Å². The van der Waals surface area contributed by atoms with Crippen molar-refractivity contribution in [1.29, 1.82) is 0 Å². The van der Waals surface area contributed by atoms with Gasteiger partial charge in [-0.25, -0.2) is 4.39 Å². The number of hydrogen-bond acceptors (Lipinski definition) is 0. The van der Waals surface area contributed by atoms with Crippen LogP contribution in [-0.2, 0) is 0 Å². The summed E-state index contributed by atoms with van der Waals surface area (Å²) in [6, 6.07) is 7.27. The van der Waals surface area contributed by atoms with Gasteiger partial charge in [0.1, 0.15) is 5.82 Å². The van der Waals surface area contributed by atoms with E-state index in [9.17, 15) is 4.39 Å². The van der Waals surface area contributed by atoms with E-state index >= 15 is 0 Å². The highest BCUT2D eigenvalue weighted by Gasteiger charge is 2.31. The van der Waals surface area contributed by atoms with E-state index < -0.39 is 0 Å². The molecule has 0 atom stereocenters. The van der Waals surface area contributed by atoms with E-state index in [2.05, 4.69) is 6.92 Å². The molecule has 2 fully saturated rings. The maximum Gasteiger partial charge on any atom is 0.123 e. The average molecular weight is 359 g/mol. The lowest BCUT2D eigenvalue weighted by Crippen LogP contribution is -2.25. The van der Waals surface area contributed by atoms with Crippen molar-refractivity contribution >= 4 is 0 Å². The standard InChI is InChI=1S/C25H39F/c1-2-3-4-5-6-7-20-8-10-21(11-9-20)22-12-14-23(15-13-22)24-16-18-25(26)19-17-24/h16-23H,2-15H2,1H3. The van der Waals surface area contributed by atoms with Crippen LogP contribution < -0.4 is 0 Å². The number of rotatable bonds is 8. The van der Waals surface area contributed by atoms with E-state index in [0.29, 0.717) is 5.92 Å². The van der Waals surface area contributed by atoms with Crippen LogP contribution in [-0.4, -0.2) is 0 Å². The molecule has 0 aromatic heterocycles. The molecule has 1 aromatic rings. The summed E-state index contributed by atoms with van der Waals surface area (Å²) in [5, 5.41) is 0. The van der Waals surface area contributed by atoms with E-state index in [4.69, 9.17) is 0 Å². The topological polar surface area (TPSA) is 0 Å². The van der Waals surface area contributed by atoms with Crippen molar-refractivity contribution in [1.82, 2.24) is 0 Å². The van der Waals surface area contributed by atoms with Crippen LogP contribution in [0.3, 0.4) is 0 Å². The van der Waals surface area contributed by atoms with Gasteiger partial charge in [0, 0.05) is 0 Å². The number of hydrogen-bond donors (Lipinski definition) is 0. The average Bonchev–Trinajstić information content (AvgIpc) is 2.69. The Hall–Kier alpha value is -0.850. The molecule has 0 heterocycles. The molecule has 0 unspecified atom stereocenters. The molecule has 0 N–H and O–H groups in total. The van der Waals surface area contributed by atoms with Gasteiger partial charge in [0.15, 0.2) is 0 Å². The lowest BCUT2D eigenvalue weighted by molar-refractivity contribution is 0.155. The van der Waals surface area contributed by atoms with Crippen LogP contribution in [0.15, 0.2) is 24.3 Å². The summed E-state index contributed by atoms with van der Waals surface area (Å²) in [5.74, 6) is 3.57. The zero-order chi connectivity index (χ0) is 18.2. The molecule has 0 nitrogen and oxygen atoms in total. The van der Waals surface area contributed by atoms with Gasteiger partial charge in [-0.3, -0.25) is 0 Å². The second-order valence-corrected chi connectivity index (χ2v) is 9.15. The monoisotopic (exact) mass is 358 g/mol. The Kier molecular flexibility index (Phi) is 8.02. The molecule has 0 radical (unpaired) electrons. The molecular weight excluding hydrogens is 319 g/mol.